The molecule has 3 aromatic rings. The van der Waals surface area contributed by atoms with Crippen molar-refractivity contribution in [1.82, 2.24) is 10.6 Å². The average Bonchev–Trinajstić information content (AvgIpc) is 2.85. The van der Waals surface area contributed by atoms with E-state index < -0.39 is 0 Å². The standard InChI is InChI=1S/C26H27N3O4S/c1-18(19-8-4-3-5-9-19)27-25(31)22-10-6-7-11-23(22)28-26(34)29-24(30)20-12-14-21(15-13-20)33-17-16-32-2/h3-15,18H,16-17H2,1-2H3,(H,27,31)(H2,28,29,30,34). The van der Waals surface area contributed by atoms with Crippen molar-refractivity contribution in [2.24, 2.45) is 0 Å². The summed E-state index contributed by atoms with van der Waals surface area (Å²) in [5, 5.41) is 8.66. The number of thiocarbonyl (C=S) groups is 1. The van der Waals surface area contributed by atoms with Crippen LogP contribution in [0.25, 0.3) is 0 Å². The molecule has 0 saturated carbocycles. The zero-order valence-electron chi connectivity index (χ0n) is 19.0. The van der Waals surface area contributed by atoms with Gasteiger partial charge in [0.25, 0.3) is 11.8 Å². The van der Waals surface area contributed by atoms with Gasteiger partial charge in [-0.2, -0.15) is 0 Å². The molecular formula is C26H27N3O4S. The average molecular weight is 478 g/mol. The molecule has 0 aliphatic carbocycles. The first-order valence-corrected chi connectivity index (χ1v) is 11.2. The van der Waals surface area contributed by atoms with Crippen molar-refractivity contribution in [1.29, 1.82) is 0 Å². The van der Waals surface area contributed by atoms with Gasteiger partial charge in [0.15, 0.2) is 5.11 Å². The Labute approximate surface area is 204 Å². The number of para-hydroxylation sites is 1. The smallest absolute Gasteiger partial charge is 0.257 e. The van der Waals surface area contributed by atoms with Crippen molar-refractivity contribution < 1.29 is 19.1 Å². The predicted octanol–water partition coefficient (Wildman–Crippen LogP) is 4.33. The maximum atomic E-state index is 12.9. The van der Waals surface area contributed by atoms with Gasteiger partial charge < -0.3 is 20.1 Å². The molecule has 0 saturated heterocycles. The van der Waals surface area contributed by atoms with E-state index in [9.17, 15) is 9.59 Å². The van der Waals surface area contributed by atoms with Crippen molar-refractivity contribution in [3.63, 3.8) is 0 Å². The van der Waals surface area contributed by atoms with Gasteiger partial charge in [-0.3, -0.25) is 14.9 Å². The van der Waals surface area contributed by atoms with Crippen LogP contribution in [0.3, 0.4) is 0 Å². The van der Waals surface area contributed by atoms with Crippen LogP contribution in [0.2, 0.25) is 0 Å². The molecule has 3 N–H and O–H groups in total. The van der Waals surface area contributed by atoms with E-state index >= 15 is 0 Å². The summed E-state index contributed by atoms with van der Waals surface area (Å²) >= 11 is 5.31. The van der Waals surface area contributed by atoms with E-state index in [2.05, 4.69) is 16.0 Å². The summed E-state index contributed by atoms with van der Waals surface area (Å²) in [6, 6.07) is 23.2. The van der Waals surface area contributed by atoms with Crippen LogP contribution in [0.4, 0.5) is 5.69 Å². The van der Waals surface area contributed by atoms with Crippen molar-refractivity contribution >= 4 is 34.8 Å². The Morgan fingerprint density at radius 3 is 2.26 bits per heavy atom. The minimum absolute atomic E-state index is 0.0850. The number of amides is 2. The highest BCUT2D eigenvalue weighted by Crippen LogP contribution is 2.18. The first kappa shape index (κ1) is 24.9. The largest absolute Gasteiger partial charge is 0.491 e. The van der Waals surface area contributed by atoms with Crippen molar-refractivity contribution in [3.05, 3.63) is 95.6 Å². The van der Waals surface area contributed by atoms with E-state index in [0.717, 1.165) is 5.56 Å². The Morgan fingerprint density at radius 1 is 0.882 bits per heavy atom. The Balaban J connectivity index is 1.59. The minimum Gasteiger partial charge on any atom is -0.491 e. The second-order valence-electron chi connectivity index (χ2n) is 7.43. The number of hydrogen-bond donors (Lipinski definition) is 3. The summed E-state index contributed by atoms with van der Waals surface area (Å²) in [5.74, 6) is 0.0113. The van der Waals surface area contributed by atoms with E-state index in [-0.39, 0.29) is 23.0 Å². The van der Waals surface area contributed by atoms with E-state index in [0.29, 0.717) is 35.8 Å². The van der Waals surface area contributed by atoms with Crippen LogP contribution in [-0.2, 0) is 4.74 Å². The molecule has 0 radical (unpaired) electrons. The number of carbonyl (C=O) groups is 2. The molecule has 0 heterocycles. The fourth-order valence-corrected chi connectivity index (χ4v) is 3.37. The van der Waals surface area contributed by atoms with Gasteiger partial charge in [-0.05, 0) is 61.1 Å². The van der Waals surface area contributed by atoms with Crippen molar-refractivity contribution in [2.75, 3.05) is 25.6 Å². The summed E-state index contributed by atoms with van der Waals surface area (Å²) in [6.45, 7) is 2.82. The fourth-order valence-electron chi connectivity index (χ4n) is 3.16. The molecule has 0 spiro atoms. The van der Waals surface area contributed by atoms with Crippen LogP contribution in [0.15, 0.2) is 78.9 Å². The quantitative estimate of drug-likeness (QED) is 0.314. The summed E-state index contributed by atoms with van der Waals surface area (Å²) in [7, 11) is 1.60. The lowest BCUT2D eigenvalue weighted by atomic mass is 10.1. The molecule has 0 fully saturated rings. The van der Waals surface area contributed by atoms with E-state index in [1.165, 1.54) is 0 Å². The molecule has 0 aromatic heterocycles. The number of rotatable bonds is 9. The third-order valence-electron chi connectivity index (χ3n) is 4.97. The molecule has 7 nitrogen and oxygen atoms in total. The second-order valence-corrected chi connectivity index (χ2v) is 7.83. The Kier molecular flexibility index (Phi) is 9.13. The molecule has 0 bridgehead atoms. The maximum Gasteiger partial charge on any atom is 0.257 e. The first-order chi connectivity index (χ1) is 16.5. The van der Waals surface area contributed by atoms with Gasteiger partial charge in [-0.1, -0.05) is 42.5 Å². The zero-order chi connectivity index (χ0) is 24.3. The van der Waals surface area contributed by atoms with Crippen molar-refractivity contribution in [2.45, 2.75) is 13.0 Å². The summed E-state index contributed by atoms with van der Waals surface area (Å²) < 4.78 is 10.4. The van der Waals surface area contributed by atoms with Crippen molar-refractivity contribution in [3.8, 4) is 5.75 Å². The Bertz CT molecular complexity index is 1120. The Hall–Kier alpha value is -3.75. The maximum absolute atomic E-state index is 12.9. The number of carbonyl (C=O) groups excluding carboxylic acids is 2. The highest BCUT2D eigenvalue weighted by atomic mass is 32.1. The topological polar surface area (TPSA) is 88.7 Å². The molecule has 2 amide bonds. The first-order valence-electron chi connectivity index (χ1n) is 10.8. The molecule has 8 heteroatoms. The minimum atomic E-state index is -0.374. The summed E-state index contributed by atoms with van der Waals surface area (Å²) in [5.41, 5.74) is 2.33. The van der Waals surface area contributed by atoms with E-state index in [4.69, 9.17) is 21.7 Å². The SMILES string of the molecule is COCCOc1ccc(C(=O)NC(=S)Nc2ccccc2C(=O)NC(C)c2ccccc2)cc1. The highest BCUT2D eigenvalue weighted by Gasteiger charge is 2.16. The zero-order valence-corrected chi connectivity index (χ0v) is 19.9. The molecule has 0 aliphatic rings. The van der Waals surface area contributed by atoms with Crippen LogP contribution in [0.5, 0.6) is 5.75 Å². The van der Waals surface area contributed by atoms with Crippen LogP contribution < -0.4 is 20.7 Å². The van der Waals surface area contributed by atoms with Gasteiger partial charge >= 0.3 is 0 Å². The molecule has 0 aliphatic heterocycles. The van der Waals surface area contributed by atoms with Gasteiger partial charge in [0.1, 0.15) is 12.4 Å². The van der Waals surface area contributed by atoms with Crippen LogP contribution in [0, 0.1) is 0 Å². The number of nitrogens with one attached hydrogen (secondary N) is 3. The summed E-state index contributed by atoms with van der Waals surface area (Å²) in [4.78, 5) is 25.5. The molecule has 34 heavy (non-hydrogen) atoms. The predicted molar refractivity (Wildman–Crippen MR) is 136 cm³/mol. The second kappa shape index (κ2) is 12.5. The summed E-state index contributed by atoms with van der Waals surface area (Å²) in [6.07, 6.45) is 0. The van der Waals surface area contributed by atoms with Crippen LogP contribution >= 0.6 is 12.2 Å². The third kappa shape index (κ3) is 7.13. The number of ether oxygens (including phenoxy) is 2. The molecule has 176 valence electrons. The van der Waals surface area contributed by atoms with E-state index in [1.54, 1.807) is 55.6 Å². The lowest BCUT2D eigenvalue weighted by molar-refractivity contribution is 0.0939. The van der Waals surface area contributed by atoms with Gasteiger partial charge in [-0.15, -0.1) is 0 Å². The number of methoxy groups -OCH3 is 1. The third-order valence-corrected chi connectivity index (χ3v) is 5.17. The van der Waals surface area contributed by atoms with Gasteiger partial charge in [-0.25, -0.2) is 0 Å². The molecule has 1 atom stereocenters. The number of anilines is 1. The Morgan fingerprint density at radius 2 is 1.56 bits per heavy atom. The number of hydrogen-bond acceptors (Lipinski definition) is 5. The highest BCUT2D eigenvalue weighted by molar-refractivity contribution is 7.80. The molecule has 3 aromatic carbocycles. The van der Waals surface area contributed by atoms with E-state index in [1.807, 2.05) is 37.3 Å². The molecular weight excluding hydrogens is 450 g/mol. The number of benzene rings is 3. The molecule has 1 unspecified atom stereocenters. The normalized spacial score (nSPS) is 11.2. The van der Waals surface area contributed by atoms with Crippen LogP contribution in [0.1, 0.15) is 39.2 Å². The van der Waals surface area contributed by atoms with Gasteiger partial charge in [0.05, 0.1) is 23.9 Å². The van der Waals surface area contributed by atoms with Crippen LogP contribution in [-0.4, -0.2) is 37.3 Å². The lowest BCUT2D eigenvalue weighted by Crippen LogP contribution is -2.35. The lowest BCUT2D eigenvalue weighted by Gasteiger charge is -2.17. The van der Waals surface area contributed by atoms with Gasteiger partial charge in [0.2, 0.25) is 0 Å². The molecule has 3 rings (SSSR count). The monoisotopic (exact) mass is 477 g/mol. The fraction of sp³-hybridized carbons (Fsp3) is 0.192. The van der Waals surface area contributed by atoms with Gasteiger partial charge in [0, 0.05) is 12.7 Å².